The minimum atomic E-state index is -0.869. The van der Waals surface area contributed by atoms with Crippen molar-refractivity contribution in [3.05, 3.63) is 0 Å². The van der Waals surface area contributed by atoms with Crippen LogP contribution in [0, 0.1) is 5.92 Å². The maximum absolute atomic E-state index is 11.2. The van der Waals surface area contributed by atoms with E-state index in [1.807, 2.05) is 6.92 Å². The molecule has 2 atom stereocenters. The number of likely N-dealkylation sites (tertiary alicyclic amines) is 1. The van der Waals surface area contributed by atoms with E-state index < -0.39 is 12.0 Å². The van der Waals surface area contributed by atoms with Crippen LogP contribution in [0.1, 0.15) is 33.1 Å². The first kappa shape index (κ1) is 11.0. The van der Waals surface area contributed by atoms with Crippen LogP contribution >= 0.6 is 0 Å². The van der Waals surface area contributed by atoms with Crippen LogP contribution in [0.15, 0.2) is 0 Å². The monoisotopic (exact) mass is 199 g/mol. The molecule has 1 aliphatic rings. The second-order valence-electron chi connectivity index (χ2n) is 3.81. The number of carboxylic acids is 1. The maximum Gasteiger partial charge on any atom is 0.326 e. The van der Waals surface area contributed by atoms with Gasteiger partial charge in [0.15, 0.2) is 0 Å². The van der Waals surface area contributed by atoms with E-state index >= 15 is 0 Å². The van der Waals surface area contributed by atoms with Crippen molar-refractivity contribution in [3.8, 4) is 0 Å². The zero-order valence-corrected chi connectivity index (χ0v) is 8.69. The number of carboxylic acid groups (broad SMARTS) is 1. The number of nitrogens with zero attached hydrogens (tertiary/aromatic N) is 1. The van der Waals surface area contributed by atoms with E-state index in [-0.39, 0.29) is 11.8 Å². The second kappa shape index (κ2) is 4.44. The van der Waals surface area contributed by atoms with E-state index in [1.165, 1.54) is 11.8 Å². The quantitative estimate of drug-likeness (QED) is 0.724. The van der Waals surface area contributed by atoms with Crippen molar-refractivity contribution in [3.63, 3.8) is 0 Å². The van der Waals surface area contributed by atoms with Crippen LogP contribution in [0.2, 0.25) is 0 Å². The van der Waals surface area contributed by atoms with Gasteiger partial charge in [-0.2, -0.15) is 0 Å². The zero-order valence-electron chi connectivity index (χ0n) is 8.69. The highest BCUT2D eigenvalue weighted by Gasteiger charge is 2.36. The minimum absolute atomic E-state index is 0.116. The topological polar surface area (TPSA) is 57.6 Å². The molecule has 0 bridgehead atoms. The van der Waals surface area contributed by atoms with Crippen LogP contribution in [-0.4, -0.2) is 34.5 Å². The summed E-state index contributed by atoms with van der Waals surface area (Å²) in [6.07, 6.45) is 2.65. The van der Waals surface area contributed by atoms with Crippen LogP contribution in [0.5, 0.6) is 0 Å². The van der Waals surface area contributed by atoms with Gasteiger partial charge in [0, 0.05) is 13.5 Å². The molecule has 0 aliphatic carbocycles. The molecule has 80 valence electrons. The molecule has 0 aromatic rings. The Hall–Kier alpha value is -1.06. The molecule has 0 aromatic carbocycles. The van der Waals surface area contributed by atoms with Gasteiger partial charge in [0.2, 0.25) is 5.91 Å². The number of piperidine rings is 1. The Morgan fingerprint density at radius 2 is 2.14 bits per heavy atom. The van der Waals surface area contributed by atoms with Gasteiger partial charge in [-0.05, 0) is 18.8 Å². The lowest BCUT2D eigenvalue weighted by Crippen LogP contribution is -2.51. The Bertz CT molecular complexity index is 240. The molecule has 0 radical (unpaired) electrons. The Morgan fingerprint density at radius 1 is 1.50 bits per heavy atom. The first-order chi connectivity index (χ1) is 6.57. The highest BCUT2D eigenvalue weighted by atomic mass is 16.4. The maximum atomic E-state index is 11.2. The SMILES string of the molecule is CC[C@@H]1CCCN(C(C)=O)[C@@H]1C(=O)O. The lowest BCUT2D eigenvalue weighted by atomic mass is 9.87. The molecule has 1 heterocycles. The third kappa shape index (κ3) is 2.05. The van der Waals surface area contributed by atoms with Gasteiger partial charge in [0.1, 0.15) is 6.04 Å². The molecule has 1 N–H and O–H groups in total. The van der Waals surface area contributed by atoms with Gasteiger partial charge in [-0.3, -0.25) is 4.79 Å². The fraction of sp³-hybridized carbons (Fsp3) is 0.800. The molecular weight excluding hydrogens is 182 g/mol. The van der Waals surface area contributed by atoms with E-state index in [9.17, 15) is 9.59 Å². The fourth-order valence-electron chi connectivity index (χ4n) is 2.19. The van der Waals surface area contributed by atoms with Gasteiger partial charge in [-0.1, -0.05) is 13.3 Å². The molecular formula is C10H17NO3. The van der Waals surface area contributed by atoms with E-state index in [2.05, 4.69) is 0 Å². The summed E-state index contributed by atoms with van der Waals surface area (Å²) in [4.78, 5) is 23.8. The molecule has 1 saturated heterocycles. The van der Waals surface area contributed by atoms with Gasteiger partial charge in [-0.25, -0.2) is 4.79 Å². The van der Waals surface area contributed by atoms with Gasteiger partial charge in [-0.15, -0.1) is 0 Å². The molecule has 0 spiro atoms. The summed E-state index contributed by atoms with van der Waals surface area (Å²) in [5, 5.41) is 9.07. The van der Waals surface area contributed by atoms with Crippen LogP contribution in [0.4, 0.5) is 0 Å². The van der Waals surface area contributed by atoms with Gasteiger partial charge < -0.3 is 10.0 Å². The summed E-state index contributed by atoms with van der Waals surface area (Å²) in [6, 6.07) is -0.605. The Kier molecular flexibility index (Phi) is 3.49. The van der Waals surface area contributed by atoms with Crippen molar-refractivity contribution in [1.82, 2.24) is 4.90 Å². The smallest absolute Gasteiger partial charge is 0.326 e. The van der Waals surface area contributed by atoms with Crippen molar-refractivity contribution in [2.75, 3.05) is 6.54 Å². The number of rotatable bonds is 2. The van der Waals surface area contributed by atoms with Crippen molar-refractivity contribution in [2.24, 2.45) is 5.92 Å². The molecule has 1 fully saturated rings. The summed E-state index contributed by atoms with van der Waals surface area (Å²) < 4.78 is 0. The average Bonchev–Trinajstić information content (AvgIpc) is 2.16. The lowest BCUT2D eigenvalue weighted by Gasteiger charge is -2.37. The Balaban J connectivity index is 2.83. The number of amides is 1. The van der Waals surface area contributed by atoms with Gasteiger partial charge in [0.25, 0.3) is 0 Å². The third-order valence-corrected chi connectivity index (χ3v) is 2.94. The molecule has 0 aromatic heterocycles. The van der Waals surface area contributed by atoms with E-state index in [1.54, 1.807) is 0 Å². The van der Waals surface area contributed by atoms with Crippen LogP contribution in [0.25, 0.3) is 0 Å². The summed E-state index contributed by atoms with van der Waals surface area (Å²) in [5.74, 6) is -0.882. The molecule has 4 heteroatoms. The van der Waals surface area contributed by atoms with E-state index in [4.69, 9.17) is 5.11 Å². The Labute approximate surface area is 83.9 Å². The third-order valence-electron chi connectivity index (χ3n) is 2.94. The molecule has 4 nitrogen and oxygen atoms in total. The van der Waals surface area contributed by atoms with Crippen molar-refractivity contribution >= 4 is 11.9 Å². The minimum Gasteiger partial charge on any atom is -0.480 e. The van der Waals surface area contributed by atoms with Crippen molar-refractivity contribution in [2.45, 2.75) is 39.2 Å². The number of carbonyl (C=O) groups excluding carboxylic acids is 1. The summed E-state index contributed by atoms with van der Waals surface area (Å²) in [5.41, 5.74) is 0. The highest BCUT2D eigenvalue weighted by Crippen LogP contribution is 2.26. The molecule has 1 rings (SSSR count). The molecule has 1 amide bonds. The van der Waals surface area contributed by atoms with Crippen molar-refractivity contribution < 1.29 is 14.7 Å². The predicted molar refractivity (Wildman–Crippen MR) is 51.8 cm³/mol. The number of hydrogen-bond acceptors (Lipinski definition) is 2. The van der Waals surface area contributed by atoms with Crippen molar-refractivity contribution in [1.29, 1.82) is 0 Å². The first-order valence-electron chi connectivity index (χ1n) is 5.08. The molecule has 1 aliphatic heterocycles. The first-order valence-corrected chi connectivity index (χ1v) is 5.08. The highest BCUT2D eigenvalue weighted by molar-refractivity contribution is 5.82. The van der Waals surface area contributed by atoms with Crippen LogP contribution in [-0.2, 0) is 9.59 Å². The Morgan fingerprint density at radius 3 is 2.57 bits per heavy atom. The van der Waals surface area contributed by atoms with E-state index in [0.717, 1.165) is 19.3 Å². The van der Waals surface area contributed by atoms with E-state index in [0.29, 0.717) is 6.54 Å². The normalized spacial score (nSPS) is 27.4. The summed E-state index contributed by atoms with van der Waals surface area (Å²) in [6.45, 7) is 4.00. The zero-order chi connectivity index (χ0) is 10.7. The average molecular weight is 199 g/mol. The van der Waals surface area contributed by atoms with Gasteiger partial charge >= 0.3 is 5.97 Å². The van der Waals surface area contributed by atoms with Crippen LogP contribution < -0.4 is 0 Å². The lowest BCUT2D eigenvalue weighted by molar-refractivity contribution is -0.154. The summed E-state index contributed by atoms with van der Waals surface area (Å²) >= 11 is 0. The van der Waals surface area contributed by atoms with Gasteiger partial charge in [0.05, 0.1) is 0 Å². The largest absolute Gasteiger partial charge is 0.480 e. The fourth-order valence-corrected chi connectivity index (χ4v) is 2.19. The molecule has 0 unspecified atom stereocenters. The standard InChI is InChI=1S/C10H17NO3/c1-3-8-5-4-6-11(7(2)12)9(8)10(13)14/h8-9H,3-6H2,1-2H3,(H,13,14)/t8-,9+/m1/s1. The number of carbonyl (C=O) groups is 2. The molecule has 14 heavy (non-hydrogen) atoms. The predicted octanol–water partition coefficient (Wildman–Crippen LogP) is 1.11. The van der Waals surface area contributed by atoms with Crippen LogP contribution in [0.3, 0.4) is 0 Å². The second-order valence-corrected chi connectivity index (χ2v) is 3.81. The number of aliphatic carboxylic acids is 1. The molecule has 0 saturated carbocycles. The number of hydrogen-bond donors (Lipinski definition) is 1. The summed E-state index contributed by atoms with van der Waals surface area (Å²) in [7, 11) is 0.